The number of carbonyl (C=O) groups excluding carboxylic acids is 1. The van der Waals surface area contributed by atoms with E-state index in [4.69, 9.17) is 0 Å². The first-order valence-electron chi connectivity index (χ1n) is 5.27. The lowest BCUT2D eigenvalue weighted by molar-refractivity contribution is -0.384. The zero-order valence-electron chi connectivity index (χ0n) is 10.1. The van der Waals surface area contributed by atoms with Crippen molar-refractivity contribution in [2.45, 2.75) is 0 Å². The average Bonchev–Trinajstić information content (AvgIpc) is 2.40. The first-order valence-corrected chi connectivity index (χ1v) is 5.27. The van der Waals surface area contributed by atoms with E-state index in [1.807, 2.05) is 6.07 Å². The van der Waals surface area contributed by atoms with Crippen molar-refractivity contribution in [3.8, 4) is 0 Å². The smallest absolute Gasteiger partial charge is 0.269 e. The van der Waals surface area contributed by atoms with Crippen molar-refractivity contribution in [1.82, 2.24) is 6.15 Å². The number of nitro groups is 1. The molecule has 1 amide bonds. The molecule has 0 aliphatic rings. The predicted octanol–water partition coefficient (Wildman–Crippen LogP) is 3.01. The molecule has 19 heavy (non-hydrogen) atoms. The number of nitrogens with one attached hydrogen (secondary N) is 1. The number of amides is 1. The summed E-state index contributed by atoms with van der Waals surface area (Å²) in [7, 11) is 0. The van der Waals surface area contributed by atoms with Gasteiger partial charge >= 0.3 is 0 Å². The van der Waals surface area contributed by atoms with Gasteiger partial charge in [-0.1, -0.05) is 18.2 Å². The summed E-state index contributed by atoms with van der Waals surface area (Å²) in [6, 6.07) is 14.4. The van der Waals surface area contributed by atoms with Crippen LogP contribution in [-0.4, -0.2) is 10.8 Å². The summed E-state index contributed by atoms with van der Waals surface area (Å²) in [5, 5.41) is 13.1. The molecule has 6 heteroatoms. The van der Waals surface area contributed by atoms with E-state index in [1.54, 1.807) is 24.3 Å². The molecular weight excluding hydrogens is 246 g/mol. The van der Waals surface area contributed by atoms with Crippen molar-refractivity contribution in [2.24, 2.45) is 0 Å². The van der Waals surface area contributed by atoms with E-state index in [1.165, 1.54) is 24.3 Å². The quantitative estimate of drug-likeness (QED) is 0.652. The van der Waals surface area contributed by atoms with Gasteiger partial charge in [-0.25, -0.2) is 0 Å². The van der Waals surface area contributed by atoms with Crippen molar-refractivity contribution in [2.75, 3.05) is 5.32 Å². The van der Waals surface area contributed by atoms with Crippen LogP contribution in [0.2, 0.25) is 0 Å². The van der Waals surface area contributed by atoms with E-state index in [9.17, 15) is 14.9 Å². The van der Waals surface area contributed by atoms with Crippen molar-refractivity contribution < 1.29 is 9.72 Å². The van der Waals surface area contributed by atoms with Gasteiger partial charge in [-0.05, 0) is 24.3 Å². The maximum absolute atomic E-state index is 11.8. The van der Waals surface area contributed by atoms with E-state index in [2.05, 4.69) is 5.32 Å². The van der Waals surface area contributed by atoms with Gasteiger partial charge < -0.3 is 11.5 Å². The molecule has 0 bridgehead atoms. The molecule has 2 rings (SSSR count). The maximum atomic E-state index is 11.8. The van der Waals surface area contributed by atoms with Crippen LogP contribution in [0.3, 0.4) is 0 Å². The van der Waals surface area contributed by atoms with Crippen LogP contribution in [0, 0.1) is 10.1 Å². The Balaban J connectivity index is 0.00000180. The summed E-state index contributed by atoms with van der Waals surface area (Å²) >= 11 is 0. The molecule has 0 spiro atoms. The third-order valence-corrected chi connectivity index (χ3v) is 2.37. The van der Waals surface area contributed by atoms with Crippen LogP contribution < -0.4 is 11.5 Å². The first kappa shape index (κ1) is 14.3. The maximum Gasteiger partial charge on any atom is 0.269 e. The van der Waals surface area contributed by atoms with Crippen molar-refractivity contribution in [3.63, 3.8) is 0 Å². The monoisotopic (exact) mass is 259 g/mol. The fourth-order valence-electron chi connectivity index (χ4n) is 1.46. The highest BCUT2D eigenvalue weighted by Gasteiger charge is 2.07. The van der Waals surface area contributed by atoms with Crippen LogP contribution in [0.25, 0.3) is 0 Å². The number of hydrogen-bond donors (Lipinski definition) is 2. The SMILES string of the molecule is N.O=C(Nc1ccc([N+](=O)[O-])cc1)c1ccccc1. The van der Waals surface area contributed by atoms with Gasteiger partial charge in [0.15, 0.2) is 0 Å². The average molecular weight is 259 g/mol. The molecule has 0 unspecified atom stereocenters. The summed E-state index contributed by atoms with van der Waals surface area (Å²) in [5.74, 6) is -0.246. The van der Waals surface area contributed by atoms with Gasteiger partial charge in [-0.15, -0.1) is 0 Å². The number of nitro benzene ring substituents is 1. The van der Waals surface area contributed by atoms with Crippen LogP contribution in [0.5, 0.6) is 0 Å². The topological polar surface area (TPSA) is 107 Å². The molecule has 2 aromatic carbocycles. The first-order chi connectivity index (χ1) is 8.66. The van der Waals surface area contributed by atoms with Crippen molar-refractivity contribution >= 4 is 17.3 Å². The number of anilines is 1. The Morgan fingerprint density at radius 3 is 2.11 bits per heavy atom. The van der Waals surface area contributed by atoms with Gasteiger partial charge in [0.1, 0.15) is 0 Å². The van der Waals surface area contributed by atoms with Crippen molar-refractivity contribution in [3.05, 3.63) is 70.3 Å². The fraction of sp³-hybridized carbons (Fsp3) is 0. The lowest BCUT2D eigenvalue weighted by Gasteiger charge is -2.04. The summed E-state index contributed by atoms with van der Waals surface area (Å²) in [4.78, 5) is 21.8. The molecule has 2 aromatic rings. The Morgan fingerprint density at radius 2 is 1.58 bits per heavy atom. The van der Waals surface area contributed by atoms with Gasteiger partial charge in [0, 0.05) is 23.4 Å². The number of rotatable bonds is 3. The lowest BCUT2D eigenvalue weighted by atomic mass is 10.2. The van der Waals surface area contributed by atoms with E-state index < -0.39 is 4.92 Å². The lowest BCUT2D eigenvalue weighted by Crippen LogP contribution is -2.11. The molecule has 0 saturated carbocycles. The van der Waals surface area contributed by atoms with E-state index in [0.29, 0.717) is 11.3 Å². The summed E-state index contributed by atoms with van der Waals surface area (Å²) in [6.45, 7) is 0. The van der Waals surface area contributed by atoms with Crippen LogP contribution in [-0.2, 0) is 0 Å². The minimum atomic E-state index is -0.483. The standard InChI is InChI=1S/C13H10N2O3.H3N/c16-13(10-4-2-1-3-5-10)14-11-6-8-12(9-7-11)15(17)18;/h1-9H,(H,14,16);1H3. The number of carbonyl (C=O) groups is 1. The molecule has 4 N–H and O–H groups in total. The van der Waals surface area contributed by atoms with E-state index >= 15 is 0 Å². The number of benzene rings is 2. The van der Waals surface area contributed by atoms with Crippen molar-refractivity contribution in [1.29, 1.82) is 0 Å². The highest BCUT2D eigenvalue weighted by atomic mass is 16.6. The Kier molecular flexibility index (Phi) is 4.73. The van der Waals surface area contributed by atoms with Gasteiger partial charge in [0.05, 0.1) is 4.92 Å². The highest BCUT2D eigenvalue weighted by molar-refractivity contribution is 6.04. The molecule has 6 nitrogen and oxygen atoms in total. The molecular formula is C13H13N3O3. The zero-order valence-corrected chi connectivity index (χ0v) is 10.1. The molecule has 0 heterocycles. The molecule has 0 aliphatic carbocycles. The second-order valence-corrected chi connectivity index (χ2v) is 3.62. The molecule has 0 fully saturated rings. The molecule has 98 valence electrons. The summed E-state index contributed by atoms with van der Waals surface area (Å²) < 4.78 is 0. The summed E-state index contributed by atoms with van der Waals surface area (Å²) in [6.07, 6.45) is 0. The van der Waals surface area contributed by atoms with Crippen LogP contribution in [0.4, 0.5) is 11.4 Å². The third kappa shape index (κ3) is 3.62. The Morgan fingerprint density at radius 1 is 1.00 bits per heavy atom. The largest absolute Gasteiger partial charge is 0.344 e. The fourth-order valence-corrected chi connectivity index (χ4v) is 1.46. The molecule has 0 aromatic heterocycles. The Bertz CT molecular complexity index is 567. The second-order valence-electron chi connectivity index (χ2n) is 3.62. The van der Waals surface area contributed by atoms with Crippen LogP contribution in [0.15, 0.2) is 54.6 Å². The number of non-ortho nitro benzene ring substituents is 1. The van der Waals surface area contributed by atoms with Crippen LogP contribution >= 0.6 is 0 Å². The normalized spacial score (nSPS) is 9.26. The minimum Gasteiger partial charge on any atom is -0.344 e. The van der Waals surface area contributed by atoms with E-state index in [0.717, 1.165) is 0 Å². The summed E-state index contributed by atoms with van der Waals surface area (Å²) in [5.41, 5.74) is 1.05. The van der Waals surface area contributed by atoms with Gasteiger partial charge in [0.2, 0.25) is 0 Å². The van der Waals surface area contributed by atoms with E-state index in [-0.39, 0.29) is 17.7 Å². The van der Waals surface area contributed by atoms with Gasteiger partial charge in [-0.3, -0.25) is 14.9 Å². The Labute approximate surface area is 109 Å². The Hall–Kier alpha value is -2.73. The minimum absolute atomic E-state index is 0. The third-order valence-electron chi connectivity index (χ3n) is 2.37. The predicted molar refractivity (Wildman–Crippen MR) is 72.5 cm³/mol. The molecule has 0 saturated heterocycles. The number of nitrogens with zero attached hydrogens (tertiary/aromatic N) is 1. The zero-order chi connectivity index (χ0) is 13.0. The molecule has 0 radical (unpaired) electrons. The molecule has 0 atom stereocenters. The van der Waals surface area contributed by atoms with Crippen LogP contribution in [0.1, 0.15) is 10.4 Å². The highest BCUT2D eigenvalue weighted by Crippen LogP contribution is 2.16. The second kappa shape index (κ2) is 6.27. The number of hydrogen-bond acceptors (Lipinski definition) is 4. The van der Waals surface area contributed by atoms with Gasteiger partial charge in [-0.2, -0.15) is 0 Å². The van der Waals surface area contributed by atoms with Gasteiger partial charge in [0.25, 0.3) is 11.6 Å². The molecule has 0 aliphatic heterocycles.